The molecule has 0 saturated carbocycles. The minimum atomic E-state index is -3.31. The molecule has 4 nitrogen and oxygen atoms in total. The second kappa shape index (κ2) is 6.15. The van der Waals surface area contributed by atoms with Crippen molar-refractivity contribution in [2.24, 2.45) is 0 Å². The fourth-order valence-electron chi connectivity index (χ4n) is 1.62. The van der Waals surface area contributed by atoms with E-state index in [1.165, 1.54) is 19.2 Å². The standard InChI is InChI=1S/C12H18FNO3S/c1-4-7-18(15,16)14-9(2)10-5-6-12(17-3)11(13)8-10/h5-6,8-9,14H,4,7H2,1-3H3. The Labute approximate surface area is 107 Å². The first kappa shape index (κ1) is 14.9. The summed E-state index contributed by atoms with van der Waals surface area (Å²) in [5.41, 5.74) is 0.563. The number of hydrogen-bond acceptors (Lipinski definition) is 3. The van der Waals surface area contributed by atoms with Crippen LogP contribution in [-0.4, -0.2) is 21.3 Å². The zero-order valence-electron chi connectivity index (χ0n) is 10.7. The van der Waals surface area contributed by atoms with Crippen molar-refractivity contribution in [3.63, 3.8) is 0 Å². The summed E-state index contributed by atoms with van der Waals surface area (Å²) in [6, 6.07) is 3.93. The lowest BCUT2D eigenvalue weighted by Crippen LogP contribution is -2.29. The highest BCUT2D eigenvalue weighted by Crippen LogP contribution is 2.22. The maximum atomic E-state index is 13.5. The molecule has 0 radical (unpaired) electrons. The molecule has 6 heteroatoms. The van der Waals surface area contributed by atoms with E-state index >= 15 is 0 Å². The van der Waals surface area contributed by atoms with Crippen molar-refractivity contribution in [3.05, 3.63) is 29.6 Å². The summed E-state index contributed by atoms with van der Waals surface area (Å²) in [6.45, 7) is 3.46. The molecule has 0 saturated heterocycles. The SMILES string of the molecule is CCCS(=O)(=O)NC(C)c1ccc(OC)c(F)c1. The van der Waals surface area contributed by atoms with E-state index in [0.29, 0.717) is 12.0 Å². The Bertz CT molecular complexity index is 502. The van der Waals surface area contributed by atoms with Gasteiger partial charge in [-0.15, -0.1) is 0 Å². The third kappa shape index (κ3) is 3.96. The van der Waals surface area contributed by atoms with Crippen LogP contribution in [0.3, 0.4) is 0 Å². The number of rotatable bonds is 6. The van der Waals surface area contributed by atoms with Crippen LogP contribution in [0.1, 0.15) is 31.9 Å². The van der Waals surface area contributed by atoms with Gasteiger partial charge < -0.3 is 4.74 Å². The van der Waals surface area contributed by atoms with Gasteiger partial charge in [0.05, 0.1) is 12.9 Å². The average molecular weight is 275 g/mol. The van der Waals surface area contributed by atoms with Gasteiger partial charge >= 0.3 is 0 Å². The van der Waals surface area contributed by atoms with E-state index in [2.05, 4.69) is 4.72 Å². The summed E-state index contributed by atoms with van der Waals surface area (Å²) in [6.07, 6.45) is 0.541. The van der Waals surface area contributed by atoms with E-state index in [1.807, 2.05) is 0 Å². The highest BCUT2D eigenvalue weighted by Gasteiger charge is 2.16. The quantitative estimate of drug-likeness (QED) is 0.866. The Hall–Kier alpha value is -1.14. The van der Waals surface area contributed by atoms with Gasteiger partial charge in [0.25, 0.3) is 0 Å². The Morgan fingerprint density at radius 1 is 1.44 bits per heavy atom. The minimum absolute atomic E-state index is 0.0655. The van der Waals surface area contributed by atoms with Gasteiger partial charge in [0.15, 0.2) is 11.6 Å². The van der Waals surface area contributed by atoms with E-state index in [-0.39, 0.29) is 11.5 Å². The van der Waals surface area contributed by atoms with Gasteiger partial charge in [0.2, 0.25) is 10.0 Å². The molecule has 18 heavy (non-hydrogen) atoms. The lowest BCUT2D eigenvalue weighted by Gasteiger charge is -2.15. The molecule has 0 aliphatic heterocycles. The van der Waals surface area contributed by atoms with Gasteiger partial charge in [-0.3, -0.25) is 0 Å². The van der Waals surface area contributed by atoms with E-state index < -0.39 is 21.9 Å². The maximum absolute atomic E-state index is 13.5. The summed E-state index contributed by atoms with van der Waals surface area (Å²) in [4.78, 5) is 0. The molecule has 102 valence electrons. The summed E-state index contributed by atoms with van der Waals surface area (Å²) in [7, 11) is -1.93. The van der Waals surface area contributed by atoms with Crippen LogP contribution in [0.5, 0.6) is 5.75 Å². The molecule has 1 aromatic carbocycles. The predicted molar refractivity (Wildman–Crippen MR) is 68.6 cm³/mol. The second-order valence-corrected chi connectivity index (χ2v) is 5.93. The molecule has 0 amide bonds. The normalized spacial score (nSPS) is 13.3. The molecule has 0 spiro atoms. The molecule has 0 aliphatic carbocycles. The van der Waals surface area contributed by atoms with E-state index in [4.69, 9.17) is 4.74 Å². The highest BCUT2D eigenvalue weighted by molar-refractivity contribution is 7.89. The van der Waals surface area contributed by atoms with E-state index in [1.54, 1.807) is 19.9 Å². The minimum Gasteiger partial charge on any atom is -0.494 e. The third-order valence-electron chi connectivity index (χ3n) is 2.51. The summed E-state index contributed by atoms with van der Waals surface area (Å²) >= 11 is 0. The zero-order chi connectivity index (χ0) is 13.8. The molecular formula is C12H18FNO3S. The Balaban J connectivity index is 2.85. The third-order valence-corrected chi connectivity index (χ3v) is 4.16. The molecule has 0 aromatic heterocycles. The van der Waals surface area contributed by atoms with Crippen LogP contribution in [0.25, 0.3) is 0 Å². The second-order valence-electron chi connectivity index (χ2n) is 4.05. The Kier molecular flexibility index (Phi) is 5.10. The topological polar surface area (TPSA) is 55.4 Å². The smallest absolute Gasteiger partial charge is 0.212 e. The van der Waals surface area contributed by atoms with Crippen LogP contribution in [0.2, 0.25) is 0 Å². The van der Waals surface area contributed by atoms with Gasteiger partial charge in [-0.05, 0) is 31.0 Å². The number of halogens is 1. The van der Waals surface area contributed by atoms with Gasteiger partial charge in [-0.1, -0.05) is 13.0 Å². The molecule has 1 unspecified atom stereocenters. The lowest BCUT2D eigenvalue weighted by molar-refractivity contribution is 0.386. The van der Waals surface area contributed by atoms with Crippen LogP contribution in [0.15, 0.2) is 18.2 Å². The molecule has 1 atom stereocenters. The fourth-order valence-corrected chi connectivity index (χ4v) is 2.95. The fraction of sp³-hybridized carbons (Fsp3) is 0.500. The highest BCUT2D eigenvalue weighted by atomic mass is 32.2. The van der Waals surface area contributed by atoms with Gasteiger partial charge in [0.1, 0.15) is 0 Å². The number of sulfonamides is 1. The Morgan fingerprint density at radius 3 is 2.61 bits per heavy atom. The molecule has 0 heterocycles. The lowest BCUT2D eigenvalue weighted by atomic mass is 10.1. The molecule has 1 aromatic rings. The number of hydrogen-bond donors (Lipinski definition) is 1. The average Bonchev–Trinajstić information content (AvgIpc) is 2.28. The van der Waals surface area contributed by atoms with Crippen molar-refractivity contribution in [1.82, 2.24) is 4.72 Å². The van der Waals surface area contributed by atoms with Crippen LogP contribution in [-0.2, 0) is 10.0 Å². The molecule has 0 fully saturated rings. The molecule has 1 N–H and O–H groups in total. The molecule has 0 bridgehead atoms. The first-order valence-electron chi connectivity index (χ1n) is 5.73. The summed E-state index contributed by atoms with van der Waals surface area (Å²) in [5, 5.41) is 0. The van der Waals surface area contributed by atoms with Gasteiger partial charge in [-0.25, -0.2) is 17.5 Å². The summed E-state index contributed by atoms with van der Waals surface area (Å²) < 4.78 is 44.0. The zero-order valence-corrected chi connectivity index (χ0v) is 11.6. The molecule has 0 aliphatic rings. The first-order chi connectivity index (χ1) is 8.39. The van der Waals surface area contributed by atoms with Crippen molar-refractivity contribution in [1.29, 1.82) is 0 Å². The summed E-state index contributed by atoms with van der Waals surface area (Å²) in [5.74, 6) is -0.297. The van der Waals surface area contributed by atoms with E-state index in [9.17, 15) is 12.8 Å². The largest absolute Gasteiger partial charge is 0.494 e. The van der Waals surface area contributed by atoms with Crippen LogP contribution in [0.4, 0.5) is 4.39 Å². The van der Waals surface area contributed by atoms with E-state index in [0.717, 1.165) is 0 Å². The van der Waals surface area contributed by atoms with Crippen molar-refractivity contribution < 1.29 is 17.5 Å². The Morgan fingerprint density at radius 2 is 2.11 bits per heavy atom. The number of nitrogens with one attached hydrogen (secondary N) is 1. The van der Waals surface area contributed by atoms with Crippen molar-refractivity contribution in [2.75, 3.05) is 12.9 Å². The number of ether oxygens (including phenoxy) is 1. The van der Waals surface area contributed by atoms with Crippen molar-refractivity contribution >= 4 is 10.0 Å². The monoisotopic (exact) mass is 275 g/mol. The van der Waals surface area contributed by atoms with Crippen LogP contribution < -0.4 is 9.46 Å². The molecular weight excluding hydrogens is 257 g/mol. The van der Waals surface area contributed by atoms with Crippen LogP contribution in [0, 0.1) is 5.82 Å². The van der Waals surface area contributed by atoms with Crippen molar-refractivity contribution in [2.45, 2.75) is 26.3 Å². The predicted octanol–water partition coefficient (Wildman–Crippen LogP) is 2.22. The van der Waals surface area contributed by atoms with Crippen LogP contribution >= 0.6 is 0 Å². The van der Waals surface area contributed by atoms with Crippen molar-refractivity contribution in [3.8, 4) is 5.75 Å². The number of methoxy groups -OCH3 is 1. The number of benzene rings is 1. The first-order valence-corrected chi connectivity index (χ1v) is 7.38. The maximum Gasteiger partial charge on any atom is 0.212 e. The van der Waals surface area contributed by atoms with Gasteiger partial charge in [-0.2, -0.15) is 0 Å². The molecule has 1 rings (SSSR count). The van der Waals surface area contributed by atoms with Gasteiger partial charge in [0, 0.05) is 6.04 Å².